The van der Waals surface area contributed by atoms with Crippen molar-refractivity contribution in [2.75, 3.05) is 6.61 Å². The zero-order valence-corrected chi connectivity index (χ0v) is 8.37. The third-order valence-electron chi connectivity index (χ3n) is 2.77. The van der Waals surface area contributed by atoms with Crippen molar-refractivity contribution in [3.05, 3.63) is 47.1 Å². The van der Waals surface area contributed by atoms with Crippen LogP contribution in [0.25, 0.3) is 0 Å². The molecule has 0 unspecified atom stereocenters. The highest BCUT2D eigenvalue weighted by Crippen LogP contribution is 2.30. The molecule has 0 radical (unpaired) electrons. The van der Waals surface area contributed by atoms with Crippen molar-refractivity contribution in [2.45, 2.75) is 25.7 Å². The second-order valence-electron chi connectivity index (χ2n) is 3.86. The average Bonchev–Trinajstić information content (AvgIpc) is 2.65. The Bertz CT molecular complexity index is 329. The van der Waals surface area contributed by atoms with Gasteiger partial charge in [-0.2, -0.15) is 0 Å². The van der Waals surface area contributed by atoms with Gasteiger partial charge in [-0.25, -0.2) is 0 Å². The summed E-state index contributed by atoms with van der Waals surface area (Å²) >= 11 is 0. The van der Waals surface area contributed by atoms with E-state index in [1.165, 1.54) is 16.7 Å². The van der Waals surface area contributed by atoms with Crippen LogP contribution in [0, 0.1) is 0 Å². The molecular weight excluding hydrogens is 172 g/mol. The predicted octanol–water partition coefficient (Wildman–Crippen LogP) is 2.90. The fraction of sp³-hybridized carbons (Fsp3) is 0.385. The SMILES string of the molecule is OCCCCC1=CC=C2C=CC=C2C1. The summed E-state index contributed by atoms with van der Waals surface area (Å²) < 4.78 is 0. The average molecular weight is 188 g/mol. The fourth-order valence-corrected chi connectivity index (χ4v) is 1.94. The summed E-state index contributed by atoms with van der Waals surface area (Å²) in [5.41, 5.74) is 4.32. The van der Waals surface area contributed by atoms with Crippen molar-refractivity contribution in [1.82, 2.24) is 0 Å². The lowest BCUT2D eigenvalue weighted by molar-refractivity contribution is 0.284. The first kappa shape index (κ1) is 9.47. The maximum atomic E-state index is 8.69. The van der Waals surface area contributed by atoms with E-state index in [1.54, 1.807) is 0 Å². The molecule has 0 heterocycles. The third kappa shape index (κ3) is 2.05. The molecule has 0 aliphatic heterocycles. The van der Waals surface area contributed by atoms with Crippen LogP contribution < -0.4 is 0 Å². The minimum atomic E-state index is 0.318. The second kappa shape index (κ2) is 4.43. The molecule has 0 aromatic rings. The van der Waals surface area contributed by atoms with Crippen molar-refractivity contribution >= 4 is 0 Å². The molecule has 1 nitrogen and oxygen atoms in total. The molecule has 2 aliphatic rings. The molecule has 0 fully saturated rings. The molecule has 0 aromatic carbocycles. The highest BCUT2D eigenvalue weighted by Gasteiger charge is 2.11. The minimum absolute atomic E-state index is 0.318. The van der Waals surface area contributed by atoms with E-state index in [4.69, 9.17) is 5.11 Å². The molecule has 0 aromatic heterocycles. The van der Waals surface area contributed by atoms with Gasteiger partial charge < -0.3 is 5.11 Å². The summed E-state index contributed by atoms with van der Waals surface area (Å²) in [6.45, 7) is 0.318. The van der Waals surface area contributed by atoms with Crippen LogP contribution in [-0.4, -0.2) is 11.7 Å². The standard InChI is InChI=1S/C13H16O/c14-9-2-1-4-11-7-8-12-5-3-6-13(12)10-11/h3,5-8,14H,1-2,4,9-10H2. The van der Waals surface area contributed by atoms with Crippen LogP contribution in [0.5, 0.6) is 0 Å². The number of aliphatic hydroxyl groups excluding tert-OH is 1. The van der Waals surface area contributed by atoms with Gasteiger partial charge in [-0.15, -0.1) is 0 Å². The number of fused-ring (bicyclic) bond motifs is 1. The van der Waals surface area contributed by atoms with Crippen molar-refractivity contribution in [3.8, 4) is 0 Å². The van der Waals surface area contributed by atoms with Gasteiger partial charge in [-0.05, 0) is 36.8 Å². The second-order valence-corrected chi connectivity index (χ2v) is 3.86. The van der Waals surface area contributed by atoms with Crippen LogP contribution in [0.15, 0.2) is 47.1 Å². The van der Waals surface area contributed by atoms with Crippen LogP contribution in [0.1, 0.15) is 25.7 Å². The van der Waals surface area contributed by atoms with Crippen molar-refractivity contribution in [3.63, 3.8) is 0 Å². The van der Waals surface area contributed by atoms with Gasteiger partial charge in [-0.1, -0.05) is 36.0 Å². The molecule has 0 bridgehead atoms. The summed E-state index contributed by atoms with van der Waals surface area (Å²) in [5, 5.41) is 8.69. The van der Waals surface area contributed by atoms with Gasteiger partial charge in [0, 0.05) is 6.61 Å². The molecular formula is C13H16O. The predicted molar refractivity (Wildman–Crippen MR) is 58.9 cm³/mol. The van der Waals surface area contributed by atoms with Crippen LogP contribution >= 0.6 is 0 Å². The van der Waals surface area contributed by atoms with Crippen molar-refractivity contribution in [1.29, 1.82) is 0 Å². The topological polar surface area (TPSA) is 20.2 Å². The van der Waals surface area contributed by atoms with E-state index >= 15 is 0 Å². The van der Waals surface area contributed by atoms with Gasteiger partial charge in [0.1, 0.15) is 0 Å². The Kier molecular flexibility index (Phi) is 3.00. The van der Waals surface area contributed by atoms with Gasteiger partial charge >= 0.3 is 0 Å². The number of rotatable bonds is 4. The van der Waals surface area contributed by atoms with Crippen LogP contribution in [0.3, 0.4) is 0 Å². The molecule has 2 rings (SSSR count). The summed E-state index contributed by atoms with van der Waals surface area (Å²) in [4.78, 5) is 0. The highest BCUT2D eigenvalue weighted by atomic mass is 16.2. The lowest BCUT2D eigenvalue weighted by Gasteiger charge is -2.13. The zero-order valence-electron chi connectivity index (χ0n) is 8.37. The first-order chi connectivity index (χ1) is 6.90. The third-order valence-corrected chi connectivity index (χ3v) is 2.77. The molecule has 0 spiro atoms. The number of hydrogen-bond acceptors (Lipinski definition) is 1. The van der Waals surface area contributed by atoms with Gasteiger partial charge in [0.2, 0.25) is 0 Å². The summed E-state index contributed by atoms with van der Waals surface area (Å²) in [6.07, 6.45) is 15.2. The van der Waals surface area contributed by atoms with Gasteiger partial charge in [-0.3, -0.25) is 0 Å². The first-order valence-electron chi connectivity index (χ1n) is 5.28. The maximum absolute atomic E-state index is 8.69. The Hall–Kier alpha value is -1.08. The van der Waals surface area contributed by atoms with E-state index in [9.17, 15) is 0 Å². The van der Waals surface area contributed by atoms with E-state index in [2.05, 4.69) is 30.4 Å². The normalized spacial score (nSPS) is 18.8. The molecule has 0 saturated carbocycles. The van der Waals surface area contributed by atoms with E-state index in [1.807, 2.05) is 0 Å². The summed E-state index contributed by atoms with van der Waals surface area (Å²) in [5.74, 6) is 0. The largest absolute Gasteiger partial charge is 0.396 e. The first-order valence-corrected chi connectivity index (χ1v) is 5.28. The summed E-state index contributed by atoms with van der Waals surface area (Å²) in [7, 11) is 0. The number of hydrogen-bond donors (Lipinski definition) is 1. The lowest BCUT2D eigenvalue weighted by Crippen LogP contribution is -1.95. The Morgan fingerprint density at radius 3 is 2.93 bits per heavy atom. The van der Waals surface area contributed by atoms with E-state index in [0.29, 0.717) is 6.61 Å². The quantitative estimate of drug-likeness (QED) is 0.672. The lowest BCUT2D eigenvalue weighted by atomic mass is 9.92. The Balaban J connectivity index is 1.91. The van der Waals surface area contributed by atoms with E-state index in [-0.39, 0.29) is 0 Å². The maximum Gasteiger partial charge on any atom is 0.0431 e. The number of aliphatic hydroxyl groups is 1. The molecule has 0 saturated heterocycles. The molecule has 1 N–H and O–H groups in total. The van der Waals surface area contributed by atoms with Crippen molar-refractivity contribution < 1.29 is 5.11 Å². The van der Waals surface area contributed by atoms with Gasteiger partial charge in [0.25, 0.3) is 0 Å². The van der Waals surface area contributed by atoms with Crippen LogP contribution in [-0.2, 0) is 0 Å². The minimum Gasteiger partial charge on any atom is -0.396 e. The molecule has 0 atom stereocenters. The van der Waals surface area contributed by atoms with Crippen molar-refractivity contribution in [2.24, 2.45) is 0 Å². The monoisotopic (exact) mass is 188 g/mol. The van der Waals surface area contributed by atoms with Crippen LogP contribution in [0.4, 0.5) is 0 Å². The fourth-order valence-electron chi connectivity index (χ4n) is 1.94. The summed E-state index contributed by atoms with van der Waals surface area (Å²) in [6, 6.07) is 0. The molecule has 2 aliphatic carbocycles. The molecule has 0 amide bonds. The molecule has 14 heavy (non-hydrogen) atoms. The highest BCUT2D eigenvalue weighted by molar-refractivity contribution is 5.54. The molecule has 1 heteroatoms. The van der Waals surface area contributed by atoms with Gasteiger partial charge in [0.05, 0.1) is 0 Å². The van der Waals surface area contributed by atoms with Gasteiger partial charge in [0.15, 0.2) is 0 Å². The smallest absolute Gasteiger partial charge is 0.0431 e. The number of unbranched alkanes of at least 4 members (excludes halogenated alkanes) is 1. The number of allylic oxidation sites excluding steroid dienone is 8. The van der Waals surface area contributed by atoms with Crippen LogP contribution in [0.2, 0.25) is 0 Å². The van der Waals surface area contributed by atoms with E-state index < -0.39 is 0 Å². The zero-order chi connectivity index (χ0) is 9.80. The van der Waals surface area contributed by atoms with E-state index in [0.717, 1.165) is 25.7 Å². The Labute approximate surface area is 85.1 Å². The molecule has 74 valence electrons. The Morgan fingerprint density at radius 1 is 1.14 bits per heavy atom. The Morgan fingerprint density at radius 2 is 2.07 bits per heavy atom.